The Bertz CT molecular complexity index is 824. The zero-order valence-corrected chi connectivity index (χ0v) is 11.7. The van der Waals surface area contributed by atoms with Crippen LogP contribution in [0.2, 0.25) is 0 Å². The summed E-state index contributed by atoms with van der Waals surface area (Å²) in [5.41, 5.74) is 0.592. The summed E-state index contributed by atoms with van der Waals surface area (Å²) in [6, 6.07) is 7.72. The quantitative estimate of drug-likeness (QED) is 0.705. The summed E-state index contributed by atoms with van der Waals surface area (Å²) < 4.78 is 1.45. The van der Waals surface area contributed by atoms with Gasteiger partial charge in [0.05, 0.1) is 5.52 Å². The van der Waals surface area contributed by atoms with E-state index in [4.69, 9.17) is 0 Å². The average Bonchev–Trinajstić information content (AvgIpc) is 2.79. The maximum atomic E-state index is 11.4. The molecule has 2 N–H and O–H groups in total. The number of hydrogen-bond acceptors (Lipinski definition) is 6. The van der Waals surface area contributed by atoms with Crippen molar-refractivity contribution in [3.05, 3.63) is 34.7 Å². The van der Waals surface area contributed by atoms with Gasteiger partial charge in [-0.2, -0.15) is 0 Å². The van der Waals surface area contributed by atoms with Crippen LogP contribution < -0.4 is 11.0 Å². The fraction of sp³-hybridized carbons (Fsp3) is 0.167. The Morgan fingerprint density at radius 2 is 2.10 bits per heavy atom. The molecule has 0 aliphatic carbocycles. The van der Waals surface area contributed by atoms with Crippen LogP contribution in [-0.2, 0) is 7.05 Å². The van der Waals surface area contributed by atoms with Gasteiger partial charge in [0.15, 0.2) is 5.16 Å². The highest BCUT2D eigenvalue weighted by molar-refractivity contribution is 7.99. The fourth-order valence-electron chi connectivity index (χ4n) is 1.75. The highest BCUT2D eigenvalue weighted by Gasteiger charge is 2.12. The molecule has 0 saturated heterocycles. The Kier molecular flexibility index (Phi) is 3.15. The van der Waals surface area contributed by atoms with Gasteiger partial charge >= 0.3 is 5.69 Å². The van der Waals surface area contributed by atoms with E-state index in [1.807, 2.05) is 24.3 Å². The van der Waals surface area contributed by atoms with Crippen molar-refractivity contribution in [3.63, 3.8) is 0 Å². The SMILES string of the molecule is CNc1nc(Sc2n[nH]c(=O)n2C)c2ccccc2n1. The van der Waals surface area contributed by atoms with Crippen LogP contribution in [0.3, 0.4) is 0 Å². The maximum absolute atomic E-state index is 11.4. The van der Waals surface area contributed by atoms with Gasteiger partial charge in [-0.1, -0.05) is 18.2 Å². The number of nitrogens with one attached hydrogen (secondary N) is 2. The summed E-state index contributed by atoms with van der Waals surface area (Å²) in [4.78, 5) is 20.2. The van der Waals surface area contributed by atoms with Crippen LogP contribution in [0, 0.1) is 0 Å². The molecular formula is C12H12N6OS. The second-order valence-electron chi connectivity index (χ2n) is 4.09. The first-order valence-electron chi connectivity index (χ1n) is 5.93. The Morgan fingerprint density at radius 1 is 1.30 bits per heavy atom. The number of aromatic nitrogens is 5. The van der Waals surface area contributed by atoms with Gasteiger partial charge in [0.1, 0.15) is 5.03 Å². The molecule has 3 aromatic rings. The van der Waals surface area contributed by atoms with Crippen molar-refractivity contribution < 1.29 is 0 Å². The minimum atomic E-state index is -0.250. The van der Waals surface area contributed by atoms with E-state index >= 15 is 0 Å². The molecule has 102 valence electrons. The maximum Gasteiger partial charge on any atom is 0.343 e. The molecule has 2 heterocycles. The second-order valence-corrected chi connectivity index (χ2v) is 5.05. The van der Waals surface area contributed by atoms with Crippen LogP contribution >= 0.6 is 11.8 Å². The van der Waals surface area contributed by atoms with Crippen molar-refractivity contribution in [1.29, 1.82) is 0 Å². The van der Waals surface area contributed by atoms with Gasteiger partial charge in [-0.05, 0) is 17.8 Å². The molecule has 7 nitrogen and oxygen atoms in total. The molecule has 2 aromatic heterocycles. The van der Waals surface area contributed by atoms with Crippen LogP contribution in [0.25, 0.3) is 10.9 Å². The van der Waals surface area contributed by atoms with Gasteiger partial charge in [-0.3, -0.25) is 4.57 Å². The Hall–Kier alpha value is -2.35. The summed E-state index contributed by atoms with van der Waals surface area (Å²) in [7, 11) is 3.43. The molecule has 0 atom stereocenters. The lowest BCUT2D eigenvalue weighted by Gasteiger charge is -2.07. The predicted molar refractivity (Wildman–Crippen MR) is 77.0 cm³/mol. The third-order valence-electron chi connectivity index (χ3n) is 2.82. The molecule has 0 aliphatic heterocycles. The molecular weight excluding hydrogens is 276 g/mol. The topological polar surface area (TPSA) is 88.5 Å². The number of aromatic amines is 1. The zero-order valence-electron chi connectivity index (χ0n) is 10.9. The first kappa shape index (κ1) is 12.7. The molecule has 3 rings (SSSR count). The fourth-order valence-corrected chi connectivity index (χ4v) is 2.65. The van der Waals surface area contributed by atoms with Crippen molar-refractivity contribution in [2.75, 3.05) is 12.4 Å². The van der Waals surface area contributed by atoms with Crippen molar-refractivity contribution in [2.45, 2.75) is 10.2 Å². The molecule has 0 fully saturated rings. The van der Waals surface area contributed by atoms with Crippen LogP contribution in [0.4, 0.5) is 5.95 Å². The summed E-state index contributed by atoms with van der Waals surface area (Å²) in [6.45, 7) is 0. The van der Waals surface area contributed by atoms with Crippen molar-refractivity contribution in [2.24, 2.45) is 7.05 Å². The summed E-state index contributed by atoms with van der Waals surface area (Å²) in [5.74, 6) is 0.534. The Morgan fingerprint density at radius 3 is 2.80 bits per heavy atom. The molecule has 0 amide bonds. The van der Waals surface area contributed by atoms with Gasteiger partial charge in [-0.25, -0.2) is 19.9 Å². The third-order valence-corrected chi connectivity index (χ3v) is 3.87. The predicted octanol–water partition coefficient (Wildman–Crippen LogP) is 1.24. The summed E-state index contributed by atoms with van der Waals surface area (Å²) in [5, 5.41) is 11.6. The van der Waals surface area contributed by atoms with E-state index in [0.717, 1.165) is 15.9 Å². The van der Waals surface area contributed by atoms with Gasteiger partial charge in [-0.15, -0.1) is 5.10 Å². The smallest absolute Gasteiger partial charge is 0.343 e. The number of benzene rings is 1. The van der Waals surface area contributed by atoms with Gasteiger partial charge in [0.25, 0.3) is 0 Å². The second kappa shape index (κ2) is 4.97. The normalized spacial score (nSPS) is 10.9. The first-order valence-corrected chi connectivity index (χ1v) is 6.74. The molecule has 8 heteroatoms. The van der Waals surface area contributed by atoms with E-state index in [0.29, 0.717) is 11.1 Å². The van der Waals surface area contributed by atoms with Crippen LogP contribution in [0.5, 0.6) is 0 Å². The largest absolute Gasteiger partial charge is 0.357 e. The van der Waals surface area contributed by atoms with Crippen molar-refractivity contribution in [1.82, 2.24) is 24.7 Å². The first-order chi connectivity index (χ1) is 9.69. The van der Waals surface area contributed by atoms with E-state index in [9.17, 15) is 4.79 Å². The molecule has 0 spiro atoms. The van der Waals surface area contributed by atoms with Gasteiger partial charge in [0.2, 0.25) is 5.95 Å². The summed E-state index contributed by atoms with van der Waals surface area (Å²) in [6.07, 6.45) is 0. The van der Waals surface area contributed by atoms with E-state index in [1.165, 1.54) is 16.3 Å². The number of H-pyrrole nitrogens is 1. The number of anilines is 1. The standard InChI is InChI=1S/C12H12N6OS/c1-13-10-14-8-6-4-3-5-7(8)9(15-10)20-12-17-16-11(19)18(12)2/h3-6H,1-2H3,(H,16,19)(H,13,14,15). The van der Waals surface area contributed by atoms with E-state index in [-0.39, 0.29) is 5.69 Å². The molecule has 0 unspecified atom stereocenters. The molecule has 0 bridgehead atoms. The van der Waals surface area contributed by atoms with Crippen molar-refractivity contribution in [3.8, 4) is 0 Å². The minimum Gasteiger partial charge on any atom is -0.357 e. The molecule has 20 heavy (non-hydrogen) atoms. The lowest BCUT2D eigenvalue weighted by molar-refractivity contribution is 0.765. The monoisotopic (exact) mass is 288 g/mol. The lowest BCUT2D eigenvalue weighted by Crippen LogP contribution is -2.12. The number of para-hydroxylation sites is 1. The van der Waals surface area contributed by atoms with Gasteiger partial charge in [0, 0.05) is 19.5 Å². The average molecular weight is 288 g/mol. The molecule has 0 aliphatic rings. The van der Waals surface area contributed by atoms with E-state index < -0.39 is 0 Å². The Balaban J connectivity index is 2.14. The Labute approximate surface area is 118 Å². The van der Waals surface area contributed by atoms with Crippen LogP contribution in [0.1, 0.15) is 0 Å². The molecule has 1 aromatic carbocycles. The number of nitrogens with zero attached hydrogens (tertiary/aromatic N) is 4. The minimum absolute atomic E-state index is 0.250. The van der Waals surface area contributed by atoms with E-state index in [2.05, 4.69) is 25.5 Å². The van der Waals surface area contributed by atoms with Crippen LogP contribution in [0.15, 0.2) is 39.2 Å². The van der Waals surface area contributed by atoms with Crippen LogP contribution in [-0.4, -0.2) is 31.8 Å². The van der Waals surface area contributed by atoms with Gasteiger partial charge < -0.3 is 5.32 Å². The lowest BCUT2D eigenvalue weighted by atomic mass is 10.2. The number of fused-ring (bicyclic) bond motifs is 1. The number of rotatable bonds is 3. The highest BCUT2D eigenvalue weighted by atomic mass is 32.2. The van der Waals surface area contributed by atoms with E-state index in [1.54, 1.807) is 14.1 Å². The zero-order chi connectivity index (χ0) is 14.1. The van der Waals surface area contributed by atoms with Crippen molar-refractivity contribution >= 4 is 28.6 Å². The summed E-state index contributed by atoms with van der Waals surface area (Å²) >= 11 is 1.32. The highest BCUT2D eigenvalue weighted by Crippen LogP contribution is 2.30. The molecule has 0 saturated carbocycles. The third kappa shape index (κ3) is 2.14. The number of hydrogen-bond donors (Lipinski definition) is 2. The molecule has 0 radical (unpaired) electrons.